The summed E-state index contributed by atoms with van der Waals surface area (Å²) in [5.41, 5.74) is 3.24. The van der Waals surface area contributed by atoms with Gasteiger partial charge >= 0.3 is 0 Å². The predicted octanol–water partition coefficient (Wildman–Crippen LogP) is 4.26. The number of carbonyl (C=O) groups is 1. The van der Waals surface area contributed by atoms with Gasteiger partial charge in [0, 0.05) is 23.8 Å². The molecule has 1 aliphatic rings. The topological polar surface area (TPSA) is 29.5 Å². The summed E-state index contributed by atoms with van der Waals surface area (Å²) < 4.78 is 5.40. The number of methoxy groups -OCH3 is 1. The lowest BCUT2D eigenvalue weighted by atomic mass is 9.79. The molecule has 0 radical (unpaired) electrons. The molecule has 0 amide bonds. The summed E-state index contributed by atoms with van der Waals surface area (Å²) in [6.45, 7) is 12.3. The standard InChI is InChI=1S/C18H27NO2/c1-12(2)10-19-16-8-17(21-6)14(11-20)7-15(16)13(3)9-18(19,4)5/h7-8,11-13H,9-10H2,1-6H3. The van der Waals surface area contributed by atoms with Gasteiger partial charge in [0.05, 0.1) is 12.7 Å². The molecule has 21 heavy (non-hydrogen) atoms. The van der Waals surface area contributed by atoms with Crippen LogP contribution in [-0.4, -0.2) is 25.5 Å². The van der Waals surface area contributed by atoms with Crippen LogP contribution in [0.15, 0.2) is 12.1 Å². The lowest BCUT2D eigenvalue weighted by Gasteiger charge is -2.48. The second-order valence-corrected chi connectivity index (χ2v) is 7.19. The van der Waals surface area contributed by atoms with E-state index in [1.807, 2.05) is 12.1 Å². The van der Waals surface area contributed by atoms with Gasteiger partial charge in [-0.2, -0.15) is 0 Å². The number of aldehydes is 1. The van der Waals surface area contributed by atoms with Crippen LogP contribution >= 0.6 is 0 Å². The molecule has 1 heterocycles. The zero-order valence-electron chi connectivity index (χ0n) is 14.1. The zero-order valence-corrected chi connectivity index (χ0v) is 14.1. The summed E-state index contributed by atoms with van der Waals surface area (Å²) in [6.07, 6.45) is 1.98. The molecule has 0 aliphatic carbocycles. The molecular weight excluding hydrogens is 262 g/mol. The Morgan fingerprint density at radius 3 is 2.62 bits per heavy atom. The van der Waals surface area contributed by atoms with Gasteiger partial charge in [-0.3, -0.25) is 4.79 Å². The summed E-state index contributed by atoms with van der Waals surface area (Å²) in [4.78, 5) is 13.7. The van der Waals surface area contributed by atoms with Crippen molar-refractivity contribution in [2.24, 2.45) is 5.92 Å². The number of fused-ring (bicyclic) bond motifs is 1. The highest BCUT2D eigenvalue weighted by Gasteiger charge is 2.37. The van der Waals surface area contributed by atoms with Crippen molar-refractivity contribution in [3.63, 3.8) is 0 Å². The molecule has 3 heteroatoms. The van der Waals surface area contributed by atoms with Crippen molar-refractivity contribution < 1.29 is 9.53 Å². The van der Waals surface area contributed by atoms with Crippen molar-refractivity contribution in [3.05, 3.63) is 23.3 Å². The van der Waals surface area contributed by atoms with E-state index < -0.39 is 0 Å². The van der Waals surface area contributed by atoms with E-state index in [4.69, 9.17) is 4.74 Å². The van der Waals surface area contributed by atoms with Gasteiger partial charge in [0.25, 0.3) is 0 Å². The number of nitrogens with zero attached hydrogens (tertiary/aromatic N) is 1. The molecule has 1 aliphatic heterocycles. The van der Waals surface area contributed by atoms with E-state index >= 15 is 0 Å². The fourth-order valence-electron chi connectivity index (χ4n) is 3.51. The molecule has 116 valence electrons. The first kappa shape index (κ1) is 15.9. The Morgan fingerprint density at radius 1 is 1.43 bits per heavy atom. The normalized spacial score (nSPS) is 20.3. The van der Waals surface area contributed by atoms with Gasteiger partial charge in [0.15, 0.2) is 6.29 Å². The van der Waals surface area contributed by atoms with Gasteiger partial charge in [-0.25, -0.2) is 0 Å². The molecule has 0 fully saturated rings. The molecule has 0 aromatic heterocycles. The highest BCUT2D eigenvalue weighted by atomic mass is 16.5. The number of ether oxygens (including phenoxy) is 1. The van der Waals surface area contributed by atoms with Crippen molar-refractivity contribution in [3.8, 4) is 5.75 Å². The van der Waals surface area contributed by atoms with Crippen LogP contribution in [0.2, 0.25) is 0 Å². The van der Waals surface area contributed by atoms with E-state index in [9.17, 15) is 4.79 Å². The minimum atomic E-state index is 0.115. The number of hydrogen-bond acceptors (Lipinski definition) is 3. The summed E-state index contributed by atoms with van der Waals surface area (Å²) in [5.74, 6) is 1.70. The van der Waals surface area contributed by atoms with Crippen molar-refractivity contribution in [2.45, 2.75) is 52.5 Å². The van der Waals surface area contributed by atoms with Crippen LogP contribution in [0.25, 0.3) is 0 Å². The van der Waals surface area contributed by atoms with E-state index in [-0.39, 0.29) is 5.54 Å². The highest BCUT2D eigenvalue weighted by Crippen LogP contribution is 2.45. The van der Waals surface area contributed by atoms with Crippen LogP contribution in [0, 0.1) is 5.92 Å². The van der Waals surface area contributed by atoms with E-state index in [1.54, 1.807) is 7.11 Å². The molecule has 0 N–H and O–H groups in total. The van der Waals surface area contributed by atoms with Gasteiger partial charge in [-0.05, 0) is 43.7 Å². The lowest BCUT2D eigenvalue weighted by molar-refractivity contribution is 0.112. The number of rotatable bonds is 4. The first-order valence-electron chi connectivity index (χ1n) is 7.75. The van der Waals surface area contributed by atoms with Crippen LogP contribution in [0.1, 0.15) is 62.9 Å². The van der Waals surface area contributed by atoms with E-state index in [0.29, 0.717) is 23.1 Å². The molecule has 0 bridgehead atoms. The molecule has 1 atom stereocenters. The number of hydrogen-bond donors (Lipinski definition) is 0. The Hall–Kier alpha value is -1.51. The van der Waals surface area contributed by atoms with E-state index in [1.165, 1.54) is 11.3 Å². The van der Waals surface area contributed by atoms with Crippen LogP contribution in [0.3, 0.4) is 0 Å². The molecule has 2 rings (SSSR count). The Labute approximate surface area is 128 Å². The average molecular weight is 289 g/mol. The Kier molecular flexibility index (Phi) is 4.31. The van der Waals surface area contributed by atoms with Crippen molar-refractivity contribution >= 4 is 12.0 Å². The second-order valence-electron chi connectivity index (χ2n) is 7.19. The SMILES string of the molecule is COc1cc2c(cc1C=O)C(C)CC(C)(C)N2CC(C)C. The minimum Gasteiger partial charge on any atom is -0.496 e. The Bertz CT molecular complexity index is 534. The molecule has 1 aromatic carbocycles. The molecule has 0 saturated heterocycles. The lowest BCUT2D eigenvalue weighted by Crippen LogP contribution is -2.49. The third kappa shape index (κ3) is 2.92. The van der Waals surface area contributed by atoms with Crippen LogP contribution in [0.4, 0.5) is 5.69 Å². The maximum atomic E-state index is 11.3. The quantitative estimate of drug-likeness (QED) is 0.776. The minimum absolute atomic E-state index is 0.115. The van der Waals surface area contributed by atoms with Crippen molar-refractivity contribution in [1.29, 1.82) is 0 Å². The van der Waals surface area contributed by atoms with E-state index in [2.05, 4.69) is 39.5 Å². The number of carbonyl (C=O) groups excluding carboxylic acids is 1. The molecule has 1 unspecified atom stereocenters. The van der Waals surface area contributed by atoms with Crippen LogP contribution in [0.5, 0.6) is 5.75 Å². The smallest absolute Gasteiger partial charge is 0.153 e. The Balaban J connectivity index is 2.60. The molecule has 3 nitrogen and oxygen atoms in total. The summed E-state index contributed by atoms with van der Waals surface area (Å²) in [5, 5.41) is 0. The zero-order chi connectivity index (χ0) is 15.8. The van der Waals surface area contributed by atoms with Gasteiger partial charge in [-0.15, -0.1) is 0 Å². The predicted molar refractivity (Wildman–Crippen MR) is 87.7 cm³/mol. The molecular formula is C18H27NO2. The maximum absolute atomic E-state index is 11.3. The average Bonchev–Trinajstić information content (AvgIpc) is 2.41. The second kappa shape index (κ2) is 5.70. The van der Waals surface area contributed by atoms with Crippen LogP contribution in [-0.2, 0) is 0 Å². The first-order chi connectivity index (χ1) is 9.80. The fraction of sp³-hybridized carbons (Fsp3) is 0.611. The van der Waals surface area contributed by atoms with Gasteiger partial charge in [0.2, 0.25) is 0 Å². The highest BCUT2D eigenvalue weighted by molar-refractivity contribution is 5.82. The number of benzene rings is 1. The maximum Gasteiger partial charge on any atom is 0.153 e. The summed E-state index contributed by atoms with van der Waals surface area (Å²) in [6, 6.07) is 4.05. The van der Waals surface area contributed by atoms with E-state index in [0.717, 1.165) is 19.3 Å². The van der Waals surface area contributed by atoms with Crippen molar-refractivity contribution in [2.75, 3.05) is 18.6 Å². The summed E-state index contributed by atoms with van der Waals surface area (Å²) >= 11 is 0. The molecule has 0 saturated carbocycles. The third-order valence-corrected chi connectivity index (χ3v) is 4.41. The molecule has 0 spiro atoms. The fourth-order valence-corrected chi connectivity index (χ4v) is 3.51. The van der Waals surface area contributed by atoms with Gasteiger partial charge in [0.1, 0.15) is 5.75 Å². The van der Waals surface area contributed by atoms with Gasteiger partial charge < -0.3 is 9.64 Å². The first-order valence-corrected chi connectivity index (χ1v) is 7.75. The number of anilines is 1. The van der Waals surface area contributed by atoms with Crippen molar-refractivity contribution in [1.82, 2.24) is 0 Å². The summed E-state index contributed by atoms with van der Waals surface area (Å²) in [7, 11) is 1.62. The van der Waals surface area contributed by atoms with Gasteiger partial charge in [-0.1, -0.05) is 20.8 Å². The Morgan fingerprint density at radius 2 is 2.10 bits per heavy atom. The largest absolute Gasteiger partial charge is 0.496 e. The molecule has 1 aromatic rings. The van der Waals surface area contributed by atoms with Crippen LogP contribution < -0.4 is 9.64 Å². The monoisotopic (exact) mass is 289 g/mol. The third-order valence-electron chi connectivity index (χ3n) is 4.41.